The lowest BCUT2D eigenvalue weighted by Gasteiger charge is -2.35. The number of amides is 1. The fourth-order valence-corrected chi connectivity index (χ4v) is 2.65. The number of carbonyl (C=O) groups excluding carboxylic acids is 1. The lowest BCUT2D eigenvalue weighted by molar-refractivity contribution is -0.383. The van der Waals surface area contributed by atoms with Crippen molar-refractivity contribution >= 4 is 23.3 Å². The maximum Gasteiger partial charge on any atom is 0.415 e. The first-order valence-corrected chi connectivity index (χ1v) is 7.82. The van der Waals surface area contributed by atoms with Crippen LogP contribution in [0.3, 0.4) is 0 Å². The number of nitro groups is 1. The Morgan fingerprint density at radius 2 is 2.25 bits per heavy atom. The van der Waals surface area contributed by atoms with E-state index in [9.17, 15) is 14.9 Å². The fraction of sp³-hybridized carbons (Fsp3) is 0.600. The summed E-state index contributed by atoms with van der Waals surface area (Å²) < 4.78 is 5.46. The minimum atomic E-state index is -0.717. The van der Waals surface area contributed by atoms with E-state index in [4.69, 9.17) is 10.5 Å². The van der Waals surface area contributed by atoms with Crippen molar-refractivity contribution in [2.24, 2.45) is 0 Å². The standard InChI is InChI=1S/C15H23N5O4/c1-15(2,3)24-14(21)19(10-5-4-7-17-9-10)11-6-8-18-13(16)12(11)20(22)23/h6,8,10,17H,4-5,7,9H2,1-3H3,(H2,16,18). The molecule has 2 heterocycles. The summed E-state index contributed by atoms with van der Waals surface area (Å²) in [7, 11) is 0. The number of ether oxygens (including phenoxy) is 1. The van der Waals surface area contributed by atoms with Crippen molar-refractivity contribution in [2.45, 2.75) is 45.3 Å². The molecule has 0 saturated carbocycles. The number of nitrogens with zero attached hydrogens (tertiary/aromatic N) is 3. The molecule has 1 aliphatic heterocycles. The number of pyridine rings is 1. The summed E-state index contributed by atoms with van der Waals surface area (Å²) in [5, 5.41) is 14.6. The number of anilines is 2. The molecule has 24 heavy (non-hydrogen) atoms. The first-order valence-electron chi connectivity index (χ1n) is 7.82. The zero-order valence-electron chi connectivity index (χ0n) is 14.1. The van der Waals surface area contributed by atoms with Crippen LogP contribution in [0.25, 0.3) is 0 Å². The Labute approximate surface area is 140 Å². The van der Waals surface area contributed by atoms with Gasteiger partial charge in [0.25, 0.3) is 0 Å². The number of hydrogen-bond donors (Lipinski definition) is 2. The maximum absolute atomic E-state index is 12.7. The van der Waals surface area contributed by atoms with E-state index in [-0.39, 0.29) is 23.2 Å². The average molecular weight is 337 g/mol. The smallest absolute Gasteiger partial charge is 0.415 e. The van der Waals surface area contributed by atoms with Crippen molar-refractivity contribution < 1.29 is 14.5 Å². The average Bonchev–Trinajstić information content (AvgIpc) is 2.46. The van der Waals surface area contributed by atoms with Crippen molar-refractivity contribution in [1.82, 2.24) is 10.3 Å². The van der Waals surface area contributed by atoms with Gasteiger partial charge in [0.05, 0.1) is 11.0 Å². The van der Waals surface area contributed by atoms with E-state index in [1.807, 2.05) is 0 Å². The second kappa shape index (κ2) is 7.00. The Hall–Kier alpha value is -2.42. The Morgan fingerprint density at radius 3 is 2.79 bits per heavy atom. The van der Waals surface area contributed by atoms with Crippen LogP contribution in [0.4, 0.5) is 22.0 Å². The first kappa shape index (κ1) is 17.9. The summed E-state index contributed by atoms with van der Waals surface area (Å²) in [6.07, 6.45) is 2.29. The highest BCUT2D eigenvalue weighted by Gasteiger charge is 2.36. The molecular formula is C15H23N5O4. The van der Waals surface area contributed by atoms with Gasteiger partial charge in [-0.2, -0.15) is 0 Å². The van der Waals surface area contributed by atoms with E-state index in [1.165, 1.54) is 17.2 Å². The second-order valence-electron chi connectivity index (χ2n) is 6.67. The number of aromatic nitrogens is 1. The SMILES string of the molecule is CC(C)(C)OC(=O)N(c1ccnc(N)c1[N+](=O)[O-])C1CCCNC1. The quantitative estimate of drug-likeness (QED) is 0.639. The predicted molar refractivity (Wildman–Crippen MR) is 89.9 cm³/mol. The zero-order chi connectivity index (χ0) is 17.9. The van der Waals surface area contributed by atoms with Gasteiger partial charge in [0.15, 0.2) is 0 Å². The van der Waals surface area contributed by atoms with Gasteiger partial charge in [0, 0.05) is 12.7 Å². The Morgan fingerprint density at radius 1 is 1.54 bits per heavy atom. The van der Waals surface area contributed by atoms with Gasteiger partial charge in [-0.3, -0.25) is 15.0 Å². The number of nitrogen functional groups attached to an aromatic ring is 1. The predicted octanol–water partition coefficient (Wildman–Crippen LogP) is 2.07. The van der Waals surface area contributed by atoms with E-state index in [1.54, 1.807) is 20.8 Å². The topological polar surface area (TPSA) is 124 Å². The van der Waals surface area contributed by atoms with Crippen LogP contribution in [-0.4, -0.2) is 40.7 Å². The zero-order valence-corrected chi connectivity index (χ0v) is 14.1. The Balaban J connectivity index is 2.48. The minimum absolute atomic E-state index is 0.107. The highest BCUT2D eigenvalue weighted by atomic mass is 16.6. The summed E-state index contributed by atoms with van der Waals surface area (Å²) in [4.78, 5) is 28.6. The second-order valence-corrected chi connectivity index (χ2v) is 6.67. The highest BCUT2D eigenvalue weighted by molar-refractivity contribution is 5.93. The molecule has 1 amide bonds. The lowest BCUT2D eigenvalue weighted by atomic mass is 10.1. The number of nitrogens with one attached hydrogen (secondary N) is 1. The van der Waals surface area contributed by atoms with Crippen LogP contribution < -0.4 is 16.0 Å². The minimum Gasteiger partial charge on any atom is -0.443 e. The van der Waals surface area contributed by atoms with Crippen LogP contribution in [-0.2, 0) is 4.74 Å². The molecule has 1 aromatic rings. The van der Waals surface area contributed by atoms with E-state index in [2.05, 4.69) is 10.3 Å². The normalized spacial score (nSPS) is 18.0. The van der Waals surface area contributed by atoms with Gasteiger partial charge >= 0.3 is 11.8 Å². The number of hydrogen-bond acceptors (Lipinski definition) is 7. The number of rotatable bonds is 3. The highest BCUT2D eigenvalue weighted by Crippen LogP contribution is 2.35. The lowest BCUT2D eigenvalue weighted by Crippen LogP contribution is -2.50. The number of nitrogens with two attached hydrogens (primary N) is 1. The van der Waals surface area contributed by atoms with Crippen LogP contribution in [0, 0.1) is 10.1 Å². The molecule has 132 valence electrons. The molecule has 1 fully saturated rings. The van der Waals surface area contributed by atoms with Crippen LogP contribution in [0.2, 0.25) is 0 Å². The molecule has 1 saturated heterocycles. The number of carbonyl (C=O) groups is 1. The molecule has 1 aromatic heterocycles. The molecule has 1 unspecified atom stereocenters. The summed E-state index contributed by atoms with van der Waals surface area (Å²) in [5.74, 6) is -0.227. The molecule has 3 N–H and O–H groups in total. The number of piperidine rings is 1. The first-order chi connectivity index (χ1) is 11.2. The third-order valence-electron chi connectivity index (χ3n) is 3.60. The summed E-state index contributed by atoms with van der Waals surface area (Å²) in [6.45, 7) is 6.62. The van der Waals surface area contributed by atoms with Gasteiger partial charge in [-0.05, 0) is 46.2 Å². The maximum atomic E-state index is 12.7. The third-order valence-corrected chi connectivity index (χ3v) is 3.60. The molecule has 9 nitrogen and oxygen atoms in total. The van der Waals surface area contributed by atoms with E-state index >= 15 is 0 Å². The van der Waals surface area contributed by atoms with Gasteiger partial charge in [0.2, 0.25) is 5.82 Å². The van der Waals surface area contributed by atoms with Crippen molar-refractivity contribution in [1.29, 1.82) is 0 Å². The third kappa shape index (κ3) is 4.10. The van der Waals surface area contributed by atoms with Gasteiger partial charge in [-0.25, -0.2) is 9.78 Å². The van der Waals surface area contributed by atoms with Crippen molar-refractivity contribution in [3.05, 3.63) is 22.4 Å². The van der Waals surface area contributed by atoms with Gasteiger partial charge in [-0.1, -0.05) is 0 Å². The molecule has 0 bridgehead atoms. The molecular weight excluding hydrogens is 314 g/mol. The molecule has 0 spiro atoms. The Bertz CT molecular complexity index is 623. The monoisotopic (exact) mass is 337 g/mol. The largest absolute Gasteiger partial charge is 0.443 e. The molecule has 0 aromatic carbocycles. The van der Waals surface area contributed by atoms with Gasteiger partial charge in [0.1, 0.15) is 11.3 Å². The molecule has 2 rings (SSSR count). The summed E-state index contributed by atoms with van der Waals surface area (Å²) in [5.41, 5.74) is 4.68. The Kier molecular flexibility index (Phi) is 5.23. The molecule has 0 radical (unpaired) electrons. The summed E-state index contributed by atoms with van der Waals surface area (Å²) >= 11 is 0. The van der Waals surface area contributed by atoms with E-state index < -0.39 is 16.6 Å². The molecule has 0 aliphatic carbocycles. The molecule has 1 aliphatic rings. The van der Waals surface area contributed by atoms with Crippen LogP contribution in [0.1, 0.15) is 33.6 Å². The molecule has 1 atom stereocenters. The van der Waals surface area contributed by atoms with E-state index in [0.29, 0.717) is 13.0 Å². The molecule has 9 heteroatoms. The van der Waals surface area contributed by atoms with Crippen LogP contribution >= 0.6 is 0 Å². The van der Waals surface area contributed by atoms with Gasteiger partial charge < -0.3 is 15.8 Å². The summed E-state index contributed by atoms with van der Waals surface area (Å²) in [6, 6.07) is 1.17. The van der Waals surface area contributed by atoms with E-state index in [0.717, 1.165) is 13.0 Å². The van der Waals surface area contributed by atoms with Crippen LogP contribution in [0.15, 0.2) is 12.3 Å². The van der Waals surface area contributed by atoms with Gasteiger partial charge in [-0.15, -0.1) is 0 Å². The van der Waals surface area contributed by atoms with Crippen LogP contribution in [0.5, 0.6) is 0 Å². The van der Waals surface area contributed by atoms with Crippen molar-refractivity contribution in [3.8, 4) is 0 Å². The fourth-order valence-electron chi connectivity index (χ4n) is 2.65. The van der Waals surface area contributed by atoms with Crippen molar-refractivity contribution in [3.63, 3.8) is 0 Å². The van der Waals surface area contributed by atoms with Crippen molar-refractivity contribution in [2.75, 3.05) is 23.7 Å².